The molecule has 0 saturated heterocycles. The third-order valence-corrected chi connectivity index (χ3v) is 3.99. The molecule has 1 N–H and O–H groups in total. The zero-order valence-electron chi connectivity index (χ0n) is 13.8. The number of aliphatic hydroxyl groups is 1. The van der Waals surface area contributed by atoms with E-state index in [0.29, 0.717) is 11.6 Å². The van der Waals surface area contributed by atoms with Crippen molar-refractivity contribution in [3.05, 3.63) is 22.8 Å². The van der Waals surface area contributed by atoms with Crippen molar-refractivity contribution < 1.29 is 14.4 Å². The Labute approximate surface area is 130 Å². The number of aromatic nitrogens is 4. The van der Waals surface area contributed by atoms with Crippen LogP contribution in [0.25, 0.3) is 0 Å². The second kappa shape index (κ2) is 7.00. The molecular weight excluding hydrogens is 284 g/mol. The first kappa shape index (κ1) is 16.6. The quantitative estimate of drug-likeness (QED) is 0.837. The van der Waals surface area contributed by atoms with Crippen LogP contribution in [0.4, 0.5) is 0 Å². The molecule has 7 heteroatoms. The molecule has 2 rings (SSSR count). The summed E-state index contributed by atoms with van der Waals surface area (Å²) in [6.45, 7) is 9.99. The van der Waals surface area contributed by atoms with Crippen LogP contribution >= 0.6 is 0 Å². The van der Waals surface area contributed by atoms with Gasteiger partial charge in [-0.15, -0.1) is 0 Å². The molecule has 0 spiro atoms. The lowest BCUT2D eigenvalue weighted by atomic mass is 9.90. The SMILES string of the molecule is CC(C)c1nonc1C(C)CCC(C)c1nonc1C(C)O. The molecule has 22 heavy (non-hydrogen) atoms. The fraction of sp³-hybridized carbons (Fsp3) is 0.733. The zero-order valence-corrected chi connectivity index (χ0v) is 13.8. The summed E-state index contributed by atoms with van der Waals surface area (Å²) in [4.78, 5) is 0. The lowest BCUT2D eigenvalue weighted by Crippen LogP contribution is -2.06. The summed E-state index contributed by atoms with van der Waals surface area (Å²) in [6.07, 6.45) is 1.13. The highest BCUT2D eigenvalue weighted by Gasteiger charge is 2.23. The van der Waals surface area contributed by atoms with Gasteiger partial charge in [-0.2, -0.15) is 0 Å². The summed E-state index contributed by atoms with van der Waals surface area (Å²) in [5.41, 5.74) is 3.10. The van der Waals surface area contributed by atoms with Gasteiger partial charge >= 0.3 is 0 Å². The lowest BCUT2D eigenvalue weighted by molar-refractivity contribution is 0.184. The first-order chi connectivity index (χ1) is 10.4. The van der Waals surface area contributed by atoms with Crippen molar-refractivity contribution >= 4 is 0 Å². The highest BCUT2D eigenvalue weighted by molar-refractivity contribution is 5.17. The molecule has 0 amide bonds. The summed E-state index contributed by atoms with van der Waals surface area (Å²) < 4.78 is 9.65. The maximum Gasteiger partial charge on any atom is 0.136 e. The van der Waals surface area contributed by atoms with Crippen LogP contribution in [0.2, 0.25) is 0 Å². The highest BCUT2D eigenvalue weighted by atomic mass is 16.6. The third-order valence-electron chi connectivity index (χ3n) is 3.99. The Bertz CT molecular complexity index is 539. The van der Waals surface area contributed by atoms with E-state index in [1.165, 1.54) is 0 Å². The maximum atomic E-state index is 9.67. The Balaban J connectivity index is 2.00. The molecule has 0 aromatic carbocycles. The van der Waals surface area contributed by atoms with Gasteiger partial charge in [0.15, 0.2) is 0 Å². The normalized spacial score (nSPS) is 16.0. The van der Waals surface area contributed by atoms with Gasteiger partial charge in [-0.05, 0) is 19.8 Å². The molecule has 122 valence electrons. The van der Waals surface area contributed by atoms with Crippen molar-refractivity contribution in [2.45, 2.75) is 71.3 Å². The Morgan fingerprint density at radius 3 is 1.59 bits per heavy atom. The van der Waals surface area contributed by atoms with Gasteiger partial charge in [-0.1, -0.05) is 48.3 Å². The number of aliphatic hydroxyl groups excluding tert-OH is 1. The molecule has 2 aromatic heterocycles. The summed E-state index contributed by atoms with van der Waals surface area (Å²) in [5, 5.41) is 25.4. The Morgan fingerprint density at radius 2 is 1.14 bits per heavy atom. The van der Waals surface area contributed by atoms with Gasteiger partial charge in [0.05, 0.1) is 6.10 Å². The number of hydrogen-bond donors (Lipinski definition) is 1. The molecule has 0 fully saturated rings. The van der Waals surface area contributed by atoms with E-state index in [4.69, 9.17) is 9.26 Å². The van der Waals surface area contributed by atoms with Crippen molar-refractivity contribution in [1.29, 1.82) is 0 Å². The molecule has 0 aliphatic rings. The van der Waals surface area contributed by atoms with E-state index in [1.807, 2.05) is 0 Å². The average Bonchev–Trinajstić information content (AvgIpc) is 3.12. The predicted molar refractivity (Wildman–Crippen MR) is 79.4 cm³/mol. The highest BCUT2D eigenvalue weighted by Crippen LogP contribution is 2.31. The molecule has 0 bridgehead atoms. The molecule has 0 saturated carbocycles. The van der Waals surface area contributed by atoms with Crippen LogP contribution in [-0.2, 0) is 0 Å². The molecule has 0 aliphatic carbocycles. The standard InChI is InChI=1S/C15H24N4O3/c1-8(2)12-13(17-21-16-12)9(3)6-7-10(4)14-15(11(5)20)19-22-18-14/h8-11,20H,6-7H2,1-5H3. The fourth-order valence-corrected chi connectivity index (χ4v) is 2.55. The molecule has 7 nitrogen and oxygen atoms in total. The minimum absolute atomic E-state index is 0.153. The van der Waals surface area contributed by atoms with Crippen LogP contribution < -0.4 is 0 Å². The van der Waals surface area contributed by atoms with E-state index in [-0.39, 0.29) is 11.8 Å². The van der Waals surface area contributed by atoms with Gasteiger partial charge in [0.1, 0.15) is 22.8 Å². The summed E-state index contributed by atoms with van der Waals surface area (Å²) in [7, 11) is 0. The molecule has 2 heterocycles. The second-order valence-electron chi connectivity index (χ2n) is 6.28. The van der Waals surface area contributed by atoms with Crippen molar-refractivity contribution in [3.63, 3.8) is 0 Å². The second-order valence-corrected chi connectivity index (χ2v) is 6.28. The average molecular weight is 308 g/mol. The van der Waals surface area contributed by atoms with Crippen molar-refractivity contribution in [1.82, 2.24) is 20.6 Å². The summed E-state index contributed by atoms with van der Waals surface area (Å²) in [5.74, 6) is 0.698. The monoisotopic (exact) mass is 308 g/mol. The number of rotatable bonds is 7. The van der Waals surface area contributed by atoms with Crippen molar-refractivity contribution in [3.8, 4) is 0 Å². The first-order valence-electron chi connectivity index (χ1n) is 7.74. The Kier molecular flexibility index (Phi) is 5.28. The number of nitrogens with zero attached hydrogens (tertiary/aromatic N) is 4. The van der Waals surface area contributed by atoms with E-state index < -0.39 is 6.10 Å². The van der Waals surface area contributed by atoms with Crippen molar-refractivity contribution in [2.75, 3.05) is 0 Å². The molecule has 2 aromatic rings. The molecule has 3 atom stereocenters. The minimum atomic E-state index is -0.673. The van der Waals surface area contributed by atoms with Crippen LogP contribution in [0.3, 0.4) is 0 Å². The van der Waals surface area contributed by atoms with Gasteiger partial charge in [-0.3, -0.25) is 0 Å². The van der Waals surface area contributed by atoms with E-state index in [2.05, 4.69) is 48.3 Å². The molecular formula is C15H24N4O3. The fourth-order valence-electron chi connectivity index (χ4n) is 2.55. The smallest absolute Gasteiger partial charge is 0.136 e. The van der Waals surface area contributed by atoms with Crippen LogP contribution in [0.5, 0.6) is 0 Å². The summed E-state index contributed by atoms with van der Waals surface area (Å²) in [6, 6.07) is 0. The van der Waals surface area contributed by atoms with Crippen molar-refractivity contribution in [2.24, 2.45) is 0 Å². The van der Waals surface area contributed by atoms with Gasteiger partial charge in [0.25, 0.3) is 0 Å². The third kappa shape index (κ3) is 3.52. The zero-order chi connectivity index (χ0) is 16.3. The van der Waals surface area contributed by atoms with E-state index in [9.17, 15) is 5.11 Å². The molecule has 0 radical (unpaired) electrons. The Morgan fingerprint density at radius 1 is 0.727 bits per heavy atom. The van der Waals surface area contributed by atoms with Gasteiger partial charge < -0.3 is 5.11 Å². The maximum absolute atomic E-state index is 9.67. The first-order valence-corrected chi connectivity index (χ1v) is 7.74. The number of hydrogen-bond acceptors (Lipinski definition) is 7. The van der Waals surface area contributed by atoms with E-state index >= 15 is 0 Å². The molecule has 0 aliphatic heterocycles. The van der Waals surface area contributed by atoms with E-state index in [0.717, 1.165) is 29.9 Å². The van der Waals surface area contributed by atoms with Crippen LogP contribution in [0.15, 0.2) is 9.26 Å². The largest absolute Gasteiger partial charge is 0.387 e. The van der Waals surface area contributed by atoms with Gasteiger partial charge in [0.2, 0.25) is 0 Å². The minimum Gasteiger partial charge on any atom is -0.387 e. The topological polar surface area (TPSA) is 98.1 Å². The Hall–Kier alpha value is -1.76. The van der Waals surface area contributed by atoms with Crippen LogP contribution in [0.1, 0.15) is 94.1 Å². The predicted octanol–water partition coefficient (Wildman–Crippen LogP) is 3.32. The lowest BCUT2D eigenvalue weighted by Gasteiger charge is -2.14. The van der Waals surface area contributed by atoms with Crippen LogP contribution in [-0.4, -0.2) is 25.7 Å². The van der Waals surface area contributed by atoms with Crippen LogP contribution in [0, 0.1) is 0 Å². The van der Waals surface area contributed by atoms with E-state index in [1.54, 1.807) is 6.92 Å². The summed E-state index contributed by atoms with van der Waals surface area (Å²) >= 11 is 0. The molecule has 3 unspecified atom stereocenters. The van der Waals surface area contributed by atoms with Gasteiger partial charge in [-0.25, -0.2) is 9.26 Å². The van der Waals surface area contributed by atoms with Gasteiger partial charge in [0, 0.05) is 17.8 Å².